The highest BCUT2D eigenvalue weighted by atomic mass is 16.7. The molecule has 1 atom stereocenters. The van der Waals surface area contributed by atoms with Gasteiger partial charge in [-0.2, -0.15) is 5.10 Å². The van der Waals surface area contributed by atoms with Gasteiger partial charge >= 0.3 is 6.16 Å². The average Bonchev–Trinajstić information content (AvgIpc) is 3.17. The van der Waals surface area contributed by atoms with E-state index in [2.05, 4.69) is 20.1 Å². The van der Waals surface area contributed by atoms with E-state index < -0.39 is 18.0 Å². The number of benzene rings is 1. The van der Waals surface area contributed by atoms with Crippen LogP contribution < -0.4 is 15.8 Å². The van der Waals surface area contributed by atoms with E-state index in [0.717, 1.165) is 0 Å². The molecule has 1 unspecified atom stereocenters. The summed E-state index contributed by atoms with van der Waals surface area (Å²) in [5, 5.41) is 6.90. The number of hydrogen-bond donors (Lipinski definition) is 2. The van der Waals surface area contributed by atoms with Gasteiger partial charge in [0.15, 0.2) is 5.75 Å². The van der Waals surface area contributed by atoms with Crippen LogP contribution >= 0.6 is 0 Å². The second-order valence-electron chi connectivity index (χ2n) is 6.20. The number of carbonyl (C=O) groups excluding carboxylic acids is 3. The van der Waals surface area contributed by atoms with E-state index in [1.165, 1.54) is 24.1 Å². The topological polar surface area (TPSA) is 138 Å². The van der Waals surface area contributed by atoms with Gasteiger partial charge in [0.2, 0.25) is 11.8 Å². The Morgan fingerprint density at radius 3 is 2.82 bits per heavy atom. The summed E-state index contributed by atoms with van der Waals surface area (Å²) in [6, 6.07) is 4.75. The molecule has 0 spiro atoms. The van der Waals surface area contributed by atoms with Crippen molar-refractivity contribution in [2.24, 2.45) is 5.73 Å². The number of nitrogens with two attached hydrogens (primary N) is 1. The number of ether oxygens (including phenoxy) is 2. The maximum Gasteiger partial charge on any atom is 0.513 e. The van der Waals surface area contributed by atoms with Crippen LogP contribution in [0.25, 0.3) is 5.52 Å². The van der Waals surface area contributed by atoms with Gasteiger partial charge in [0.1, 0.15) is 12.2 Å². The Balaban J connectivity index is 1.89. The second kappa shape index (κ2) is 6.34. The summed E-state index contributed by atoms with van der Waals surface area (Å²) in [7, 11) is 1.20. The van der Waals surface area contributed by atoms with Gasteiger partial charge in [-0.3, -0.25) is 9.59 Å². The van der Waals surface area contributed by atoms with Gasteiger partial charge in [-0.1, -0.05) is 0 Å². The molecule has 2 aromatic heterocycles. The number of fused-ring (bicyclic) bond motifs is 2. The molecule has 3 aromatic rings. The minimum atomic E-state index is -0.872. The average molecular weight is 381 g/mol. The van der Waals surface area contributed by atoms with E-state index >= 15 is 0 Å². The molecule has 4 rings (SSSR count). The molecule has 1 aliphatic rings. The molecule has 0 saturated carbocycles. The van der Waals surface area contributed by atoms with Crippen LogP contribution in [0.3, 0.4) is 0 Å². The summed E-state index contributed by atoms with van der Waals surface area (Å²) in [5.41, 5.74) is 8.30. The van der Waals surface area contributed by atoms with E-state index in [4.69, 9.17) is 10.5 Å². The van der Waals surface area contributed by atoms with Crippen molar-refractivity contribution in [1.82, 2.24) is 14.6 Å². The Kier molecular flexibility index (Phi) is 3.95. The Bertz CT molecular complexity index is 1150. The van der Waals surface area contributed by atoms with Gasteiger partial charge in [-0.05, 0) is 30.7 Å². The third kappa shape index (κ3) is 2.62. The molecule has 0 radical (unpaired) electrons. The van der Waals surface area contributed by atoms with E-state index in [0.29, 0.717) is 28.0 Å². The minimum Gasteiger partial charge on any atom is -0.437 e. The van der Waals surface area contributed by atoms with Crippen molar-refractivity contribution in [2.75, 3.05) is 12.4 Å². The summed E-state index contributed by atoms with van der Waals surface area (Å²) in [6.07, 6.45) is 1.93. The molecular formula is C18H15N5O5. The predicted molar refractivity (Wildman–Crippen MR) is 96.2 cm³/mol. The lowest BCUT2D eigenvalue weighted by Crippen LogP contribution is -2.16. The Hall–Kier alpha value is -3.95. The smallest absolute Gasteiger partial charge is 0.437 e. The van der Waals surface area contributed by atoms with Gasteiger partial charge in [-0.25, -0.2) is 14.3 Å². The van der Waals surface area contributed by atoms with Crippen molar-refractivity contribution in [2.45, 2.75) is 12.8 Å². The molecule has 0 fully saturated rings. The largest absolute Gasteiger partial charge is 0.513 e. The molecule has 0 bridgehead atoms. The van der Waals surface area contributed by atoms with Gasteiger partial charge in [0, 0.05) is 16.8 Å². The lowest BCUT2D eigenvalue weighted by molar-refractivity contribution is -0.116. The first-order chi connectivity index (χ1) is 13.4. The van der Waals surface area contributed by atoms with Crippen molar-refractivity contribution in [3.8, 4) is 5.75 Å². The Labute approximate surface area is 158 Å². The lowest BCUT2D eigenvalue weighted by Gasteiger charge is -2.11. The van der Waals surface area contributed by atoms with Crippen molar-refractivity contribution in [1.29, 1.82) is 0 Å². The molecule has 10 nitrogen and oxygen atoms in total. The summed E-state index contributed by atoms with van der Waals surface area (Å²) < 4.78 is 11.1. The molecule has 142 valence electrons. The zero-order chi connectivity index (χ0) is 20.0. The van der Waals surface area contributed by atoms with Crippen molar-refractivity contribution in [3.63, 3.8) is 0 Å². The molecule has 1 aliphatic heterocycles. The summed E-state index contributed by atoms with van der Waals surface area (Å²) in [5.74, 6) is -1.44. The lowest BCUT2D eigenvalue weighted by atomic mass is 9.94. The molecule has 2 amide bonds. The zero-order valence-corrected chi connectivity index (χ0v) is 14.9. The molecule has 3 N–H and O–H groups in total. The fourth-order valence-corrected chi connectivity index (χ4v) is 3.30. The summed E-state index contributed by atoms with van der Waals surface area (Å²) in [4.78, 5) is 40.0. The third-order valence-electron chi connectivity index (χ3n) is 4.61. The number of hydrogen-bond acceptors (Lipinski definition) is 7. The number of rotatable bonds is 3. The van der Waals surface area contributed by atoms with Crippen LogP contribution in [-0.4, -0.2) is 39.7 Å². The first kappa shape index (κ1) is 17.5. The molecule has 10 heteroatoms. The van der Waals surface area contributed by atoms with Crippen LogP contribution in [0.1, 0.15) is 33.1 Å². The number of carbonyl (C=O) groups is 3. The maximum atomic E-state index is 12.7. The van der Waals surface area contributed by atoms with Crippen molar-refractivity contribution in [3.05, 3.63) is 53.1 Å². The van der Waals surface area contributed by atoms with E-state index in [9.17, 15) is 14.4 Å². The van der Waals surface area contributed by atoms with Crippen LogP contribution in [0.5, 0.6) is 5.75 Å². The highest BCUT2D eigenvalue weighted by Crippen LogP contribution is 2.40. The van der Waals surface area contributed by atoms with Crippen LogP contribution in [0.2, 0.25) is 0 Å². The standard InChI is InChI=1S/C18H15N5O5/c1-8-12(28-18(26)27-2)6-23-15(8)14(20-7-21-23)13-10-5-9(16(19)24)3-4-11(10)22-17(13)25/h3-7,13H,1-2H3,(H2,19,24)(H,22,25). The van der Waals surface area contributed by atoms with Crippen LogP contribution in [0.15, 0.2) is 30.7 Å². The first-order valence-electron chi connectivity index (χ1n) is 8.24. The zero-order valence-electron chi connectivity index (χ0n) is 14.9. The van der Waals surface area contributed by atoms with Crippen LogP contribution in [-0.2, 0) is 9.53 Å². The molecule has 0 aliphatic carbocycles. The Morgan fingerprint density at radius 2 is 2.11 bits per heavy atom. The SMILES string of the molecule is COC(=O)Oc1cn2ncnc(C3C(=O)Nc4ccc(C(N)=O)cc43)c2c1C. The number of amides is 2. The molecule has 1 aromatic carbocycles. The van der Waals surface area contributed by atoms with Gasteiger partial charge in [0.25, 0.3) is 0 Å². The molecule has 3 heterocycles. The highest BCUT2D eigenvalue weighted by molar-refractivity contribution is 6.07. The van der Waals surface area contributed by atoms with Gasteiger partial charge in [-0.15, -0.1) is 0 Å². The number of aryl methyl sites for hydroxylation is 1. The van der Waals surface area contributed by atoms with Gasteiger partial charge < -0.3 is 20.5 Å². The predicted octanol–water partition coefficient (Wildman–Crippen LogP) is 1.37. The monoisotopic (exact) mass is 381 g/mol. The normalized spacial score (nSPS) is 15.2. The van der Waals surface area contributed by atoms with Crippen LogP contribution in [0.4, 0.5) is 10.5 Å². The maximum absolute atomic E-state index is 12.7. The number of methoxy groups -OCH3 is 1. The fourth-order valence-electron chi connectivity index (χ4n) is 3.30. The third-order valence-corrected chi connectivity index (χ3v) is 4.61. The number of nitrogens with zero attached hydrogens (tertiary/aromatic N) is 3. The number of primary amides is 1. The summed E-state index contributed by atoms with van der Waals surface area (Å²) >= 11 is 0. The van der Waals surface area contributed by atoms with E-state index in [1.54, 1.807) is 25.1 Å². The summed E-state index contributed by atoms with van der Waals surface area (Å²) in [6.45, 7) is 1.72. The quantitative estimate of drug-likeness (QED) is 0.653. The first-order valence-corrected chi connectivity index (χ1v) is 8.24. The molecule has 0 saturated heterocycles. The number of nitrogens with one attached hydrogen (secondary N) is 1. The van der Waals surface area contributed by atoms with E-state index in [-0.39, 0.29) is 17.2 Å². The minimum absolute atomic E-state index is 0.234. The number of anilines is 1. The highest BCUT2D eigenvalue weighted by Gasteiger charge is 2.36. The van der Waals surface area contributed by atoms with Crippen molar-refractivity contribution >= 4 is 29.2 Å². The Morgan fingerprint density at radius 1 is 1.32 bits per heavy atom. The molecule has 28 heavy (non-hydrogen) atoms. The van der Waals surface area contributed by atoms with Crippen molar-refractivity contribution < 1.29 is 23.9 Å². The van der Waals surface area contributed by atoms with Crippen LogP contribution in [0, 0.1) is 6.92 Å². The van der Waals surface area contributed by atoms with E-state index in [1.807, 2.05) is 0 Å². The molecular weight excluding hydrogens is 366 g/mol. The number of aromatic nitrogens is 3. The second-order valence-corrected chi connectivity index (χ2v) is 6.20. The van der Waals surface area contributed by atoms with Gasteiger partial charge in [0.05, 0.1) is 24.5 Å². The fraction of sp³-hybridized carbons (Fsp3) is 0.167.